The zero-order chi connectivity index (χ0) is 11.4. The highest BCUT2D eigenvalue weighted by molar-refractivity contribution is 5.66. The first kappa shape index (κ1) is 14.2. The molecule has 0 rings (SSSR count). The lowest BCUT2D eigenvalue weighted by Crippen LogP contribution is -2.27. The lowest BCUT2D eigenvalue weighted by atomic mass is 10.4. The molecule has 0 aromatic rings. The number of carbonyl (C=O) groups excluding carboxylic acids is 1. The van der Waals surface area contributed by atoms with Crippen molar-refractivity contribution < 1.29 is 24.1 Å². The molecule has 0 aromatic heterocycles. The van der Waals surface area contributed by atoms with E-state index in [4.69, 9.17) is 14.6 Å². The maximum atomic E-state index is 10.8. The van der Waals surface area contributed by atoms with Gasteiger partial charge in [-0.3, -0.25) is 0 Å². The van der Waals surface area contributed by atoms with Crippen molar-refractivity contribution in [1.29, 1.82) is 0 Å². The minimum absolute atomic E-state index is 0.0240. The molecule has 0 spiro atoms. The van der Waals surface area contributed by atoms with Gasteiger partial charge in [-0.1, -0.05) is 0 Å². The van der Waals surface area contributed by atoms with E-state index < -0.39 is 6.09 Å². The van der Waals surface area contributed by atoms with Crippen LogP contribution in [0.5, 0.6) is 0 Å². The summed E-state index contributed by atoms with van der Waals surface area (Å²) in [5.41, 5.74) is 0. The summed E-state index contributed by atoms with van der Waals surface area (Å²) in [6.07, 6.45) is 0.207. The maximum absolute atomic E-state index is 10.8. The molecule has 2 N–H and O–H groups in total. The quantitative estimate of drug-likeness (QED) is 0.525. The molecule has 0 unspecified atom stereocenters. The van der Waals surface area contributed by atoms with E-state index >= 15 is 0 Å². The van der Waals surface area contributed by atoms with E-state index in [1.54, 1.807) is 7.11 Å². The van der Waals surface area contributed by atoms with Crippen LogP contribution in [-0.2, 0) is 14.2 Å². The average molecular weight is 221 g/mol. The van der Waals surface area contributed by atoms with Crippen LogP contribution in [0.25, 0.3) is 0 Å². The Morgan fingerprint density at radius 1 is 1.27 bits per heavy atom. The molecule has 15 heavy (non-hydrogen) atoms. The normalized spacial score (nSPS) is 10.0. The van der Waals surface area contributed by atoms with Gasteiger partial charge in [0, 0.05) is 20.3 Å². The number of hydrogen-bond acceptors (Lipinski definition) is 5. The van der Waals surface area contributed by atoms with E-state index in [0.717, 1.165) is 6.42 Å². The maximum Gasteiger partial charge on any atom is 0.407 e. The molecular weight excluding hydrogens is 202 g/mol. The molecule has 1 amide bonds. The fourth-order valence-corrected chi connectivity index (χ4v) is 0.798. The number of aliphatic hydroxyl groups is 1. The first-order valence-electron chi connectivity index (χ1n) is 4.89. The second-order valence-electron chi connectivity index (χ2n) is 2.75. The number of nitrogens with one attached hydrogen (secondary N) is 1. The number of aliphatic hydroxyl groups excluding tert-OH is 1. The molecule has 90 valence electrons. The van der Waals surface area contributed by atoms with E-state index in [-0.39, 0.29) is 13.2 Å². The summed E-state index contributed by atoms with van der Waals surface area (Å²) >= 11 is 0. The Labute approximate surface area is 89.5 Å². The van der Waals surface area contributed by atoms with Crippen molar-refractivity contribution in [3.05, 3.63) is 0 Å². The lowest BCUT2D eigenvalue weighted by molar-refractivity contribution is 0.0689. The Bertz CT molecular complexity index is 153. The molecule has 0 heterocycles. The number of rotatable bonds is 9. The molecule has 0 atom stereocenters. The third-order valence-electron chi connectivity index (χ3n) is 1.49. The summed E-state index contributed by atoms with van der Waals surface area (Å²) < 4.78 is 14.5. The predicted molar refractivity (Wildman–Crippen MR) is 53.7 cm³/mol. The number of ether oxygens (including phenoxy) is 3. The van der Waals surface area contributed by atoms with Gasteiger partial charge in [0.15, 0.2) is 0 Å². The zero-order valence-electron chi connectivity index (χ0n) is 9.03. The second kappa shape index (κ2) is 11.2. The monoisotopic (exact) mass is 221 g/mol. The molecule has 0 aromatic carbocycles. The van der Waals surface area contributed by atoms with Crippen LogP contribution in [0.4, 0.5) is 4.79 Å². The van der Waals surface area contributed by atoms with Crippen molar-refractivity contribution in [2.24, 2.45) is 0 Å². The van der Waals surface area contributed by atoms with Crippen molar-refractivity contribution >= 4 is 6.09 Å². The largest absolute Gasteiger partial charge is 0.447 e. The minimum atomic E-state index is -0.513. The minimum Gasteiger partial charge on any atom is -0.447 e. The van der Waals surface area contributed by atoms with Crippen LogP contribution in [0.1, 0.15) is 6.42 Å². The summed E-state index contributed by atoms with van der Waals surface area (Å²) in [6, 6.07) is 0. The van der Waals surface area contributed by atoms with Crippen molar-refractivity contribution in [2.45, 2.75) is 6.42 Å². The van der Waals surface area contributed by atoms with Gasteiger partial charge in [0.25, 0.3) is 0 Å². The van der Waals surface area contributed by atoms with Crippen LogP contribution >= 0.6 is 0 Å². The van der Waals surface area contributed by atoms with Crippen LogP contribution < -0.4 is 5.32 Å². The first-order valence-corrected chi connectivity index (χ1v) is 4.89. The van der Waals surface area contributed by atoms with E-state index in [1.165, 1.54) is 0 Å². The highest BCUT2D eigenvalue weighted by Crippen LogP contribution is 1.83. The predicted octanol–water partition coefficient (Wildman–Crippen LogP) is -0.242. The van der Waals surface area contributed by atoms with E-state index in [0.29, 0.717) is 26.4 Å². The molecule has 0 bridgehead atoms. The molecular formula is C9H19NO5. The van der Waals surface area contributed by atoms with Gasteiger partial charge < -0.3 is 24.6 Å². The lowest BCUT2D eigenvalue weighted by Gasteiger charge is -2.06. The third-order valence-corrected chi connectivity index (χ3v) is 1.49. The van der Waals surface area contributed by atoms with Crippen LogP contribution in [0.3, 0.4) is 0 Å². The van der Waals surface area contributed by atoms with Crippen LogP contribution in [0, 0.1) is 0 Å². The highest BCUT2D eigenvalue weighted by atomic mass is 16.6. The Hall–Kier alpha value is -0.850. The number of methoxy groups -OCH3 is 1. The van der Waals surface area contributed by atoms with Crippen molar-refractivity contribution in [3.8, 4) is 0 Å². The Kier molecular flexibility index (Phi) is 10.6. The smallest absolute Gasteiger partial charge is 0.407 e. The van der Waals surface area contributed by atoms with Gasteiger partial charge in [-0.15, -0.1) is 0 Å². The number of hydrogen-bond donors (Lipinski definition) is 2. The SMILES string of the molecule is COCCOCCCNC(=O)OCCO. The standard InChI is InChI=1S/C9H19NO5/c1-13-7-8-14-5-2-3-10-9(12)15-6-4-11/h11H,2-8H2,1H3,(H,10,12). The first-order chi connectivity index (χ1) is 7.31. The van der Waals surface area contributed by atoms with Crippen molar-refractivity contribution in [2.75, 3.05) is 46.7 Å². The van der Waals surface area contributed by atoms with Crippen LogP contribution in [-0.4, -0.2) is 57.9 Å². The molecule has 0 saturated heterocycles. The average Bonchev–Trinajstić information content (AvgIpc) is 2.25. The van der Waals surface area contributed by atoms with E-state index in [2.05, 4.69) is 10.1 Å². The Morgan fingerprint density at radius 2 is 2.07 bits per heavy atom. The van der Waals surface area contributed by atoms with Crippen molar-refractivity contribution in [3.63, 3.8) is 0 Å². The molecule has 0 aliphatic rings. The van der Waals surface area contributed by atoms with Gasteiger partial charge in [-0.2, -0.15) is 0 Å². The Morgan fingerprint density at radius 3 is 2.73 bits per heavy atom. The van der Waals surface area contributed by atoms with Crippen molar-refractivity contribution in [1.82, 2.24) is 5.32 Å². The van der Waals surface area contributed by atoms with E-state index in [1.807, 2.05) is 0 Å². The van der Waals surface area contributed by atoms with Gasteiger partial charge in [0.2, 0.25) is 0 Å². The molecule has 0 radical (unpaired) electrons. The summed E-state index contributed by atoms with van der Waals surface area (Å²) in [5.74, 6) is 0. The van der Waals surface area contributed by atoms with Gasteiger partial charge in [0.05, 0.1) is 19.8 Å². The fourth-order valence-electron chi connectivity index (χ4n) is 0.798. The van der Waals surface area contributed by atoms with Crippen LogP contribution in [0.15, 0.2) is 0 Å². The van der Waals surface area contributed by atoms with Gasteiger partial charge in [-0.25, -0.2) is 4.79 Å². The molecule has 6 nitrogen and oxygen atoms in total. The second-order valence-corrected chi connectivity index (χ2v) is 2.75. The summed E-state index contributed by atoms with van der Waals surface area (Å²) in [4.78, 5) is 10.8. The summed E-state index contributed by atoms with van der Waals surface area (Å²) in [5, 5.41) is 10.9. The number of alkyl carbamates (subject to hydrolysis) is 1. The number of carbonyl (C=O) groups is 1. The van der Waals surface area contributed by atoms with Crippen LogP contribution in [0.2, 0.25) is 0 Å². The molecule has 6 heteroatoms. The fraction of sp³-hybridized carbons (Fsp3) is 0.889. The Balaban J connectivity index is 3.06. The molecule has 0 aliphatic heterocycles. The topological polar surface area (TPSA) is 77.0 Å². The third kappa shape index (κ3) is 11.1. The zero-order valence-corrected chi connectivity index (χ0v) is 9.03. The molecule has 0 saturated carbocycles. The number of amides is 1. The van der Waals surface area contributed by atoms with Gasteiger partial charge in [0.1, 0.15) is 6.61 Å². The molecule has 0 fully saturated rings. The van der Waals surface area contributed by atoms with E-state index in [9.17, 15) is 4.79 Å². The van der Waals surface area contributed by atoms with Gasteiger partial charge in [-0.05, 0) is 6.42 Å². The van der Waals surface area contributed by atoms with Gasteiger partial charge >= 0.3 is 6.09 Å². The summed E-state index contributed by atoms with van der Waals surface area (Å²) in [7, 11) is 1.61. The highest BCUT2D eigenvalue weighted by Gasteiger charge is 1.99. The molecule has 0 aliphatic carbocycles. The summed E-state index contributed by atoms with van der Waals surface area (Å²) in [6.45, 7) is 2.07.